The van der Waals surface area contributed by atoms with Gasteiger partial charge < -0.3 is 20.1 Å². The van der Waals surface area contributed by atoms with Gasteiger partial charge in [0.25, 0.3) is 5.91 Å². The molecule has 16 nitrogen and oxygen atoms in total. The molecule has 0 spiro atoms. The van der Waals surface area contributed by atoms with Crippen LogP contribution in [-0.2, 0) is 34.4 Å². The lowest BCUT2D eigenvalue weighted by Gasteiger charge is -2.54. The molecular formula is C54H53N9O7S. The number of nitrogens with zero attached hydrogens (tertiary/aromatic N) is 6. The molecule has 1 saturated carbocycles. The van der Waals surface area contributed by atoms with Crippen molar-refractivity contribution in [3.63, 3.8) is 0 Å². The number of thiazole rings is 1. The number of pyridine rings is 1. The van der Waals surface area contributed by atoms with Crippen molar-refractivity contribution in [3.05, 3.63) is 125 Å². The number of carbonyl (C=O) groups is 5. The third-order valence-electron chi connectivity index (χ3n) is 14.9. The van der Waals surface area contributed by atoms with Crippen LogP contribution in [0, 0.1) is 24.7 Å². The minimum Gasteiger partial charge on any atom is -0.493 e. The van der Waals surface area contributed by atoms with Crippen LogP contribution in [0.15, 0.2) is 91.0 Å². The second-order valence-electron chi connectivity index (χ2n) is 19.3. The Morgan fingerprint density at radius 1 is 0.915 bits per heavy atom. The standard InChI is InChI=1S/C54H53N9O7S/c1-30-35(37-17-19-46(57-50(37)53(68)69)63-22-21-31-8-5-10-38(41(31)28-63)51(66)59-54-56-42-12-3-4-14-45(42)71-54)9-6-13-44(30)70-23-7-11-36-32-24-33(36)27-62(26-32)29-48(65)55-34-15-16-39-43(25-34)61(2)60-49(39)40-18-20-47(64)58-52(40)67/h3-6,8-10,12-17,19,25,32-33,36,40H,7,11,18,20-24,26-29H2,1-2H3,(H,55,65)(H,68,69)(H,56,59,66)(H,58,64,67). The van der Waals surface area contributed by atoms with Crippen molar-refractivity contribution in [2.45, 2.75) is 57.9 Å². The number of rotatable bonds is 14. The summed E-state index contributed by atoms with van der Waals surface area (Å²) in [5.74, 6) is 0.354. The third kappa shape index (κ3) is 9.11. The minimum absolute atomic E-state index is 0.0493. The van der Waals surface area contributed by atoms with Gasteiger partial charge in [-0.1, -0.05) is 47.7 Å². The molecular weight excluding hydrogens is 919 g/mol. The Labute approximate surface area is 413 Å². The highest BCUT2D eigenvalue weighted by molar-refractivity contribution is 7.22. The second kappa shape index (κ2) is 19.0. The molecule has 4 fully saturated rings. The second-order valence-corrected chi connectivity index (χ2v) is 20.3. The highest BCUT2D eigenvalue weighted by Crippen LogP contribution is 2.48. The van der Waals surface area contributed by atoms with E-state index in [0.29, 0.717) is 96.0 Å². The molecule has 4 amide bonds. The summed E-state index contributed by atoms with van der Waals surface area (Å²) in [4.78, 5) is 77.6. The smallest absolute Gasteiger partial charge is 0.355 e. The summed E-state index contributed by atoms with van der Waals surface area (Å²) in [5, 5.41) is 24.9. The number of hydrogen-bond donors (Lipinski definition) is 4. The number of amides is 4. The van der Waals surface area contributed by atoms with E-state index in [-0.39, 0.29) is 35.7 Å². The van der Waals surface area contributed by atoms with Gasteiger partial charge in [0.15, 0.2) is 10.8 Å². The van der Waals surface area contributed by atoms with Crippen LogP contribution in [0.3, 0.4) is 0 Å². The number of para-hydroxylation sites is 1. The summed E-state index contributed by atoms with van der Waals surface area (Å²) >= 11 is 1.43. The summed E-state index contributed by atoms with van der Waals surface area (Å²) < 4.78 is 9.07. The predicted molar refractivity (Wildman–Crippen MR) is 271 cm³/mol. The molecule has 4 aliphatic heterocycles. The number of ether oxygens (including phenoxy) is 1. The molecule has 12 rings (SSSR count). The average molecular weight is 972 g/mol. The van der Waals surface area contributed by atoms with Crippen molar-refractivity contribution in [3.8, 4) is 16.9 Å². The van der Waals surface area contributed by atoms with E-state index in [9.17, 15) is 29.1 Å². The van der Waals surface area contributed by atoms with Gasteiger partial charge in [-0.05, 0) is 134 Å². The van der Waals surface area contributed by atoms with Crippen LogP contribution in [0.2, 0.25) is 0 Å². The van der Waals surface area contributed by atoms with E-state index in [4.69, 9.17) is 9.72 Å². The molecule has 4 aromatic carbocycles. The van der Waals surface area contributed by atoms with Gasteiger partial charge >= 0.3 is 5.97 Å². The topological polar surface area (TPSA) is 201 Å². The fourth-order valence-corrected chi connectivity index (χ4v) is 12.2. The first kappa shape index (κ1) is 45.9. The fourth-order valence-electron chi connectivity index (χ4n) is 11.3. The number of aromatic carboxylic acids is 1. The molecule has 7 heterocycles. The number of carboxylic acid groups (broad SMARTS) is 1. The van der Waals surface area contributed by atoms with Gasteiger partial charge in [-0.25, -0.2) is 14.8 Å². The molecule has 5 aliphatic rings. The molecule has 2 bridgehead atoms. The number of carbonyl (C=O) groups excluding carboxylic acids is 4. The number of carboxylic acids is 1. The summed E-state index contributed by atoms with van der Waals surface area (Å²) in [6.07, 6.45) is 4.45. The fraction of sp³-hybridized carbons (Fsp3) is 0.333. The summed E-state index contributed by atoms with van der Waals surface area (Å²) in [6.45, 7) is 5.56. The van der Waals surface area contributed by atoms with Crippen molar-refractivity contribution >= 4 is 78.7 Å². The van der Waals surface area contributed by atoms with Crippen LogP contribution in [-0.4, -0.2) is 92.1 Å². The Morgan fingerprint density at radius 2 is 1.75 bits per heavy atom. The van der Waals surface area contributed by atoms with Crippen LogP contribution in [0.25, 0.3) is 32.2 Å². The van der Waals surface area contributed by atoms with Gasteiger partial charge in [0.05, 0.1) is 40.5 Å². The Balaban J connectivity index is 0.677. The van der Waals surface area contributed by atoms with E-state index in [0.717, 1.165) is 69.3 Å². The van der Waals surface area contributed by atoms with Gasteiger partial charge in [0.2, 0.25) is 17.7 Å². The number of aryl methyl sites for hydroxylation is 1. The van der Waals surface area contributed by atoms with Crippen LogP contribution in [0.5, 0.6) is 5.75 Å². The monoisotopic (exact) mass is 971 g/mol. The molecule has 71 heavy (non-hydrogen) atoms. The Hall–Kier alpha value is -7.50. The van der Waals surface area contributed by atoms with Crippen LogP contribution in [0.1, 0.15) is 81.3 Å². The molecule has 4 N–H and O–H groups in total. The highest BCUT2D eigenvalue weighted by atomic mass is 32.1. The van der Waals surface area contributed by atoms with Gasteiger partial charge in [-0.15, -0.1) is 0 Å². The van der Waals surface area contributed by atoms with Crippen molar-refractivity contribution < 1.29 is 33.8 Å². The van der Waals surface area contributed by atoms with E-state index in [1.165, 1.54) is 17.8 Å². The lowest BCUT2D eigenvalue weighted by atomic mass is 9.60. The Bertz CT molecular complexity index is 3250. The number of nitrogens with one attached hydrogen (secondary N) is 3. The summed E-state index contributed by atoms with van der Waals surface area (Å²) in [7, 11) is 1.81. The third-order valence-corrected chi connectivity index (χ3v) is 15.8. The van der Waals surface area contributed by atoms with Crippen molar-refractivity contribution in [1.29, 1.82) is 0 Å². The van der Waals surface area contributed by atoms with Crippen LogP contribution >= 0.6 is 11.3 Å². The normalized spacial score (nSPS) is 19.8. The molecule has 7 aromatic rings. The van der Waals surface area contributed by atoms with Crippen molar-refractivity contribution in [2.24, 2.45) is 24.8 Å². The van der Waals surface area contributed by atoms with Crippen LogP contribution in [0.4, 0.5) is 16.6 Å². The predicted octanol–water partition coefficient (Wildman–Crippen LogP) is 7.95. The lowest BCUT2D eigenvalue weighted by Crippen LogP contribution is -2.56. The number of benzene rings is 4. The summed E-state index contributed by atoms with van der Waals surface area (Å²) in [6, 6.07) is 28.5. The molecule has 3 aromatic heterocycles. The number of imide groups is 1. The maximum Gasteiger partial charge on any atom is 0.355 e. The zero-order valence-corrected chi connectivity index (χ0v) is 40.3. The Kier molecular flexibility index (Phi) is 12.3. The van der Waals surface area contributed by atoms with Crippen molar-refractivity contribution in [2.75, 3.05) is 48.3 Å². The maximum absolute atomic E-state index is 13.6. The first-order valence-electron chi connectivity index (χ1n) is 24.3. The van der Waals surface area contributed by atoms with Gasteiger partial charge in [-0.3, -0.25) is 39.4 Å². The largest absolute Gasteiger partial charge is 0.493 e. The molecule has 17 heteroatoms. The molecule has 1 aliphatic carbocycles. The van der Waals surface area contributed by atoms with E-state index in [2.05, 4.69) is 30.9 Å². The summed E-state index contributed by atoms with van der Waals surface area (Å²) in [5.41, 5.74) is 7.48. The quantitative estimate of drug-likeness (QED) is 0.0607. The molecule has 362 valence electrons. The van der Waals surface area contributed by atoms with Gasteiger partial charge in [0, 0.05) is 61.8 Å². The SMILES string of the molecule is Cc1c(OCCCC2C3CC2CN(CC(=O)Nc2ccc4c(C5CCC(=O)NC5=O)nn(C)c4c2)C3)cccc1-c1ccc(N2CCc3cccc(C(=O)Nc4nc5ccccc5s4)c3C2)nc1C(=O)O. The van der Waals surface area contributed by atoms with Crippen LogP contribution < -0.4 is 25.6 Å². The van der Waals surface area contributed by atoms with E-state index < -0.39 is 11.9 Å². The molecule has 0 radical (unpaired) electrons. The zero-order chi connectivity index (χ0) is 48.9. The van der Waals surface area contributed by atoms with Gasteiger partial charge in [0.1, 0.15) is 11.6 Å². The number of hydrogen-bond acceptors (Lipinski definition) is 12. The van der Waals surface area contributed by atoms with Gasteiger partial charge in [-0.2, -0.15) is 5.10 Å². The minimum atomic E-state index is -1.13. The van der Waals surface area contributed by atoms with Crippen molar-refractivity contribution in [1.82, 2.24) is 30.0 Å². The van der Waals surface area contributed by atoms with E-state index in [1.54, 1.807) is 4.68 Å². The number of piperidine rings is 3. The Morgan fingerprint density at radius 3 is 2.56 bits per heavy atom. The molecule has 3 saturated heterocycles. The average Bonchev–Trinajstić information content (AvgIpc) is 3.92. The zero-order valence-electron chi connectivity index (χ0n) is 39.4. The molecule has 3 atom stereocenters. The molecule has 3 unspecified atom stereocenters. The van der Waals surface area contributed by atoms with E-state index in [1.807, 2.05) is 110 Å². The maximum atomic E-state index is 13.6. The number of aromatic nitrogens is 4. The van der Waals surface area contributed by atoms with E-state index >= 15 is 0 Å². The number of fused-ring (bicyclic) bond motifs is 5. The number of anilines is 3. The lowest BCUT2D eigenvalue weighted by molar-refractivity contribution is -0.134. The highest BCUT2D eigenvalue weighted by Gasteiger charge is 2.46. The first-order valence-corrected chi connectivity index (χ1v) is 25.1. The first-order chi connectivity index (χ1) is 34.4.